The molecule has 0 aliphatic heterocycles. The Morgan fingerprint density at radius 2 is 1.67 bits per heavy atom. The van der Waals surface area contributed by atoms with E-state index in [-0.39, 0.29) is 30.1 Å². The maximum Gasteiger partial charge on any atom is 0.417 e. The van der Waals surface area contributed by atoms with Crippen LogP contribution in [0.4, 0.5) is 22.0 Å². The molecule has 1 aliphatic carbocycles. The SMILES string of the molecule is COc1cc(F)c(-c2cc(C(=O)N[C@]3(C(=O)O)CC[C@@H](C)CC3)ccc2C(F)(F)F)c(F)c1. The minimum atomic E-state index is -4.97. The molecule has 1 amide bonds. The number of hydrogen-bond acceptors (Lipinski definition) is 3. The molecule has 5 nitrogen and oxygen atoms in total. The predicted molar refractivity (Wildman–Crippen MR) is 109 cm³/mol. The molecule has 0 saturated heterocycles. The fraction of sp³-hybridized carbons (Fsp3) is 0.391. The first kappa shape index (κ1) is 24.5. The summed E-state index contributed by atoms with van der Waals surface area (Å²) in [4.78, 5) is 24.8. The Balaban J connectivity index is 2.07. The van der Waals surface area contributed by atoms with Gasteiger partial charge in [-0.1, -0.05) is 6.92 Å². The second-order valence-corrected chi connectivity index (χ2v) is 8.25. The van der Waals surface area contributed by atoms with Crippen molar-refractivity contribution in [1.82, 2.24) is 5.32 Å². The molecule has 2 aromatic rings. The summed E-state index contributed by atoms with van der Waals surface area (Å²) in [6, 6.07) is 3.57. The molecule has 0 unspecified atom stereocenters. The molecule has 10 heteroatoms. The van der Waals surface area contributed by atoms with Crippen LogP contribution in [0, 0.1) is 17.6 Å². The molecule has 1 saturated carbocycles. The summed E-state index contributed by atoms with van der Waals surface area (Å²) < 4.78 is 74.7. The van der Waals surface area contributed by atoms with Crippen molar-refractivity contribution >= 4 is 11.9 Å². The van der Waals surface area contributed by atoms with Crippen molar-refractivity contribution in [2.45, 2.75) is 44.3 Å². The Hall–Kier alpha value is -3.17. The van der Waals surface area contributed by atoms with E-state index in [4.69, 9.17) is 4.74 Å². The highest BCUT2D eigenvalue weighted by Crippen LogP contribution is 2.40. The summed E-state index contributed by atoms with van der Waals surface area (Å²) in [5.41, 5.74) is -5.12. The maximum absolute atomic E-state index is 14.6. The van der Waals surface area contributed by atoms with Crippen LogP contribution in [-0.2, 0) is 11.0 Å². The zero-order valence-corrected chi connectivity index (χ0v) is 17.9. The molecule has 3 rings (SSSR count). The van der Waals surface area contributed by atoms with Crippen LogP contribution in [-0.4, -0.2) is 29.6 Å². The Kier molecular flexibility index (Phi) is 6.67. The van der Waals surface area contributed by atoms with Gasteiger partial charge in [-0.05, 0) is 49.8 Å². The molecule has 2 aromatic carbocycles. The topological polar surface area (TPSA) is 75.6 Å². The third kappa shape index (κ3) is 4.94. The second-order valence-electron chi connectivity index (χ2n) is 8.25. The standard InChI is InChI=1S/C23H22F5NO4/c1-12-5-7-22(8-6-12,21(31)32)29-20(30)13-3-4-16(23(26,27)28)15(9-13)19-17(24)10-14(33-2)11-18(19)25/h3-4,9-12H,5-8H2,1-2H3,(H,29,30)(H,31,32)/t12-,22-. The van der Waals surface area contributed by atoms with Crippen LogP contribution in [0.5, 0.6) is 5.75 Å². The van der Waals surface area contributed by atoms with Crippen LogP contribution >= 0.6 is 0 Å². The van der Waals surface area contributed by atoms with E-state index in [1.807, 2.05) is 6.92 Å². The molecule has 1 aliphatic rings. The maximum atomic E-state index is 14.6. The quantitative estimate of drug-likeness (QED) is 0.571. The Morgan fingerprint density at radius 1 is 1.09 bits per heavy atom. The van der Waals surface area contributed by atoms with Gasteiger partial charge in [0, 0.05) is 23.3 Å². The molecule has 0 aromatic heterocycles. The number of carboxylic acids is 1. The molecule has 0 radical (unpaired) electrons. The van der Waals surface area contributed by atoms with Gasteiger partial charge in [0.25, 0.3) is 5.91 Å². The Labute approximate surface area is 186 Å². The average molecular weight is 471 g/mol. The first-order chi connectivity index (χ1) is 15.4. The number of carboxylic acid groups (broad SMARTS) is 1. The number of benzene rings is 2. The van der Waals surface area contributed by atoms with Gasteiger partial charge in [-0.15, -0.1) is 0 Å². The highest BCUT2D eigenvalue weighted by Gasteiger charge is 2.43. The molecule has 178 valence electrons. The first-order valence-corrected chi connectivity index (χ1v) is 10.2. The largest absolute Gasteiger partial charge is 0.497 e. The fourth-order valence-electron chi connectivity index (χ4n) is 4.00. The number of methoxy groups -OCH3 is 1. The first-order valence-electron chi connectivity index (χ1n) is 10.2. The van der Waals surface area contributed by atoms with Crippen molar-refractivity contribution in [1.29, 1.82) is 0 Å². The summed E-state index contributed by atoms with van der Waals surface area (Å²) in [6.07, 6.45) is -3.56. The molecule has 0 atom stereocenters. The summed E-state index contributed by atoms with van der Waals surface area (Å²) in [6.45, 7) is 1.95. The van der Waals surface area contributed by atoms with Crippen molar-refractivity contribution < 1.29 is 41.4 Å². The fourth-order valence-corrected chi connectivity index (χ4v) is 4.00. The zero-order chi connectivity index (χ0) is 24.6. The highest BCUT2D eigenvalue weighted by atomic mass is 19.4. The number of rotatable bonds is 5. The lowest BCUT2D eigenvalue weighted by molar-refractivity contribution is -0.146. The van der Waals surface area contributed by atoms with Gasteiger partial charge in [0.05, 0.1) is 18.2 Å². The van der Waals surface area contributed by atoms with Crippen LogP contribution < -0.4 is 10.1 Å². The summed E-state index contributed by atoms with van der Waals surface area (Å²) in [5, 5.41) is 12.1. The number of hydrogen-bond donors (Lipinski definition) is 2. The molecule has 33 heavy (non-hydrogen) atoms. The van der Waals surface area contributed by atoms with E-state index in [0.29, 0.717) is 25.0 Å². The lowest BCUT2D eigenvalue weighted by Crippen LogP contribution is -2.56. The van der Waals surface area contributed by atoms with Gasteiger partial charge in [0.15, 0.2) is 0 Å². The monoisotopic (exact) mass is 471 g/mol. The molecule has 0 spiro atoms. The van der Waals surface area contributed by atoms with Crippen molar-refractivity contribution in [2.75, 3.05) is 7.11 Å². The molecule has 2 N–H and O–H groups in total. The zero-order valence-electron chi connectivity index (χ0n) is 17.9. The molecule has 0 heterocycles. The second kappa shape index (κ2) is 8.99. The normalized spacial score (nSPS) is 20.9. The Bertz CT molecular complexity index is 1050. The van der Waals surface area contributed by atoms with Crippen molar-refractivity contribution in [3.05, 3.63) is 53.1 Å². The number of nitrogens with one attached hydrogen (secondary N) is 1. The molecule has 0 bridgehead atoms. The number of carbonyl (C=O) groups excluding carboxylic acids is 1. The van der Waals surface area contributed by atoms with Crippen molar-refractivity contribution in [3.63, 3.8) is 0 Å². The average Bonchev–Trinajstić information content (AvgIpc) is 2.73. The van der Waals surface area contributed by atoms with Crippen molar-refractivity contribution in [2.24, 2.45) is 5.92 Å². The van der Waals surface area contributed by atoms with Gasteiger partial charge < -0.3 is 15.2 Å². The number of aliphatic carboxylic acids is 1. The van der Waals surface area contributed by atoms with Gasteiger partial charge in [-0.3, -0.25) is 4.79 Å². The summed E-state index contributed by atoms with van der Waals surface area (Å²) in [5.74, 6) is -4.77. The number of halogens is 5. The van der Waals surface area contributed by atoms with E-state index < -0.39 is 51.9 Å². The van der Waals surface area contributed by atoms with E-state index in [9.17, 15) is 36.6 Å². The van der Waals surface area contributed by atoms with Gasteiger partial charge in [0.1, 0.15) is 22.9 Å². The van der Waals surface area contributed by atoms with Crippen LogP contribution in [0.25, 0.3) is 11.1 Å². The van der Waals surface area contributed by atoms with Gasteiger partial charge in [-0.2, -0.15) is 13.2 Å². The van der Waals surface area contributed by atoms with E-state index in [2.05, 4.69) is 5.32 Å². The van der Waals surface area contributed by atoms with Crippen LogP contribution in [0.15, 0.2) is 30.3 Å². The lowest BCUT2D eigenvalue weighted by atomic mass is 9.77. The minimum Gasteiger partial charge on any atom is -0.497 e. The summed E-state index contributed by atoms with van der Waals surface area (Å²) in [7, 11) is 1.14. The van der Waals surface area contributed by atoms with E-state index in [0.717, 1.165) is 25.3 Å². The third-order valence-electron chi connectivity index (χ3n) is 6.00. The third-order valence-corrected chi connectivity index (χ3v) is 6.00. The lowest BCUT2D eigenvalue weighted by Gasteiger charge is -2.36. The number of carbonyl (C=O) groups is 2. The minimum absolute atomic E-state index is 0.157. The van der Waals surface area contributed by atoms with Gasteiger partial charge >= 0.3 is 12.1 Å². The van der Waals surface area contributed by atoms with Gasteiger partial charge in [0.2, 0.25) is 0 Å². The van der Waals surface area contributed by atoms with Crippen LogP contribution in [0.3, 0.4) is 0 Å². The number of alkyl halides is 3. The number of amides is 1. The molecular weight excluding hydrogens is 449 g/mol. The molecule has 1 fully saturated rings. The predicted octanol–water partition coefficient (Wildman–Crippen LogP) is 5.42. The van der Waals surface area contributed by atoms with E-state index in [1.54, 1.807) is 0 Å². The van der Waals surface area contributed by atoms with E-state index in [1.165, 1.54) is 0 Å². The highest BCUT2D eigenvalue weighted by molar-refractivity contribution is 5.99. The van der Waals surface area contributed by atoms with Crippen molar-refractivity contribution in [3.8, 4) is 16.9 Å². The van der Waals surface area contributed by atoms with Gasteiger partial charge in [-0.25, -0.2) is 13.6 Å². The van der Waals surface area contributed by atoms with Crippen LogP contribution in [0.2, 0.25) is 0 Å². The smallest absolute Gasteiger partial charge is 0.417 e. The molecular formula is C23H22F5NO4. The number of ether oxygens (including phenoxy) is 1. The van der Waals surface area contributed by atoms with E-state index >= 15 is 0 Å². The summed E-state index contributed by atoms with van der Waals surface area (Å²) >= 11 is 0. The Morgan fingerprint density at radius 3 is 2.15 bits per heavy atom. The van der Waals surface area contributed by atoms with Crippen LogP contribution in [0.1, 0.15) is 48.5 Å².